The molecule has 0 unspecified atom stereocenters. The minimum atomic E-state index is -0.347. The monoisotopic (exact) mass is 262 g/mol. The van der Waals surface area contributed by atoms with Gasteiger partial charge in [0.25, 0.3) is 5.91 Å². The van der Waals surface area contributed by atoms with Gasteiger partial charge >= 0.3 is 0 Å². The van der Waals surface area contributed by atoms with Crippen molar-refractivity contribution in [2.75, 3.05) is 17.7 Å². The van der Waals surface area contributed by atoms with Gasteiger partial charge in [0.05, 0.1) is 11.4 Å². The quantitative estimate of drug-likeness (QED) is 0.896. The number of hydrogen-bond acceptors (Lipinski definition) is 3. The molecule has 19 heavy (non-hydrogen) atoms. The zero-order chi connectivity index (χ0) is 14.2. The van der Waals surface area contributed by atoms with Gasteiger partial charge in [-0.1, -0.05) is 0 Å². The average molecular weight is 262 g/mol. The molecule has 0 radical (unpaired) electrons. The number of carbonyl (C=O) groups is 1. The molecule has 1 aromatic carbocycles. The predicted molar refractivity (Wildman–Crippen MR) is 71.5 cm³/mol. The van der Waals surface area contributed by atoms with E-state index in [2.05, 4.69) is 5.10 Å². The van der Waals surface area contributed by atoms with Crippen molar-refractivity contribution in [3.63, 3.8) is 0 Å². The zero-order valence-corrected chi connectivity index (χ0v) is 11.0. The Balaban J connectivity index is 2.36. The third-order valence-electron chi connectivity index (χ3n) is 2.99. The molecule has 100 valence electrons. The Labute approximate surface area is 110 Å². The Morgan fingerprint density at radius 3 is 2.42 bits per heavy atom. The van der Waals surface area contributed by atoms with Crippen LogP contribution in [0.15, 0.2) is 24.3 Å². The number of nitrogen functional groups attached to an aromatic ring is 1. The van der Waals surface area contributed by atoms with Gasteiger partial charge in [-0.2, -0.15) is 5.10 Å². The molecule has 0 saturated heterocycles. The number of benzene rings is 1. The lowest BCUT2D eigenvalue weighted by Crippen LogP contribution is -2.28. The second kappa shape index (κ2) is 4.72. The first-order chi connectivity index (χ1) is 8.91. The largest absolute Gasteiger partial charge is 0.395 e. The summed E-state index contributed by atoms with van der Waals surface area (Å²) in [5.41, 5.74) is 7.74. The molecule has 2 N–H and O–H groups in total. The molecule has 1 amide bonds. The molecule has 6 heteroatoms. The van der Waals surface area contributed by atoms with E-state index in [1.54, 1.807) is 21.0 Å². The van der Waals surface area contributed by atoms with E-state index >= 15 is 0 Å². The van der Waals surface area contributed by atoms with Gasteiger partial charge in [-0.05, 0) is 31.2 Å². The van der Waals surface area contributed by atoms with Gasteiger partial charge < -0.3 is 10.6 Å². The number of halogens is 1. The first-order valence-electron chi connectivity index (χ1n) is 5.74. The van der Waals surface area contributed by atoms with Crippen molar-refractivity contribution >= 4 is 17.3 Å². The van der Waals surface area contributed by atoms with Crippen LogP contribution in [0.3, 0.4) is 0 Å². The van der Waals surface area contributed by atoms with E-state index in [1.165, 1.54) is 33.8 Å². The van der Waals surface area contributed by atoms with Crippen molar-refractivity contribution < 1.29 is 9.18 Å². The lowest BCUT2D eigenvalue weighted by atomic mass is 10.2. The predicted octanol–water partition coefficient (Wildman–Crippen LogP) is 1.73. The molecule has 1 heterocycles. The van der Waals surface area contributed by atoms with Crippen molar-refractivity contribution in [3.05, 3.63) is 41.5 Å². The smallest absolute Gasteiger partial charge is 0.278 e. The molecule has 1 aromatic heterocycles. The van der Waals surface area contributed by atoms with E-state index in [9.17, 15) is 9.18 Å². The first-order valence-corrected chi connectivity index (χ1v) is 5.74. The van der Waals surface area contributed by atoms with Gasteiger partial charge in [-0.15, -0.1) is 0 Å². The summed E-state index contributed by atoms with van der Waals surface area (Å²) >= 11 is 0. The summed E-state index contributed by atoms with van der Waals surface area (Å²) < 4.78 is 14.3. The molecule has 2 aromatic rings. The first kappa shape index (κ1) is 13.1. The zero-order valence-electron chi connectivity index (χ0n) is 11.0. The Kier molecular flexibility index (Phi) is 3.25. The van der Waals surface area contributed by atoms with Crippen molar-refractivity contribution in [2.24, 2.45) is 7.05 Å². The Hall–Kier alpha value is -2.37. The van der Waals surface area contributed by atoms with E-state index in [1.807, 2.05) is 0 Å². The highest BCUT2D eigenvalue weighted by molar-refractivity contribution is 6.08. The summed E-state index contributed by atoms with van der Waals surface area (Å²) in [6.07, 6.45) is 0. The number of aryl methyl sites for hydroxylation is 2. The highest BCUT2D eigenvalue weighted by atomic mass is 19.1. The fourth-order valence-electron chi connectivity index (χ4n) is 1.87. The van der Waals surface area contributed by atoms with Crippen LogP contribution in [0.5, 0.6) is 0 Å². The Bertz CT molecular complexity index is 618. The number of aromatic nitrogens is 2. The minimum absolute atomic E-state index is 0.285. The summed E-state index contributed by atoms with van der Waals surface area (Å²) in [6, 6.07) is 5.67. The average Bonchev–Trinajstić information content (AvgIpc) is 2.62. The van der Waals surface area contributed by atoms with Gasteiger partial charge in [0.1, 0.15) is 11.5 Å². The lowest BCUT2D eigenvalue weighted by Gasteiger charge is -2.17. The summed E-state index contributed by atoms with van der Waals surface area (Å²) in [4.78, 5) is 13.8. The van der Waals surface area contributed by atoms with Crippen LogP contribution in [0.2, 0.25) is 0 Å². The third-order valence-corrected chi connectivity index (χ3v) is 2.99. The molecule has 0 fully saturated rings. The third kappa shape index (κ3) is 2.29. The summed E-state index contributed by atoms with van der Waals surface area (Å²) in [6.45, 7) is 1.74. The van der Waals surface area contributed by atoms with E-state index in [0.717, 1.165) is 0 Å². The van der Waals surface area contributed by atoms with E-state index < -0.39 is 0 Å². The minimum Gasteiger partial charge on any atom is -0.395 e. The second-order valence-corrected chi connectivity index (χ2v) is 4.31. The fraction of sp³-hybridized carbons (Fsp3) is 0.231. The van der Waals surface area contributed by atoms with Gasteiger partial charge in [0.2, 0.25) is 0 Å². The lowest BCUT2D eigenvalue weighted by molar-refractivity contribution is 0.0985. The van der Waals surface area contributed by atoms with Gasteiger partial charge in [0, 0.05) is 19.8 Å². The van der Waals surface area contributed by atoms with Gasteiger partial charge in [0.15, 0.2) is 0 Å². The van der Waals surface area contributed by atoms with Crippen LogP contribution >= 0.6 is 0 Å². The van der Waals surface area contributed by atoms with E-state index in [-0.39, 0.29) is 11.7 Å². The van der Waals surface area contributed by atoms with Crippen molar-refractivity contribution in [1.82, 2.24) is 9.78 Å². The summed E-state index contributed by atoms with van der Waals surface area (Å²) in [7, 11) is 3.27. The molecule has 0 aliphatic carbocycles. The van der Waals surface area contributed by atoms with Crippen molar-refractivity contribution in [1.29, 1.82) is 0 Å². The number of hydrogen-bond donors (Lipinski definition) is 1. The van der Waals surface area contributed by atoms with Crippen LogP contribution in [-0.4, -0.2) is 22.7 Å². The number of amides is 1. The number of nitrogens with two attached hydrogens (primary N) is 1. The van der Waals surface area contributed by atoms with Crippen molar-refractivity contribution in [2.45, 2.75) is 6.92 Å². The standard InChI is InChI=1S/C13H15FN4O/c1-8-11(15)12(18(3)16-8)13(19)17(2)10-6-4-9(14)5-7-10/h4-7H,15H2,1-3H3. The van der Waals surface area contributed by atoms with Crippen LogP contribution < -0.4 is 10.6 Å². The molecule has 0 aliphatic heterocycles. The second-order valence-electron chi connectivity index (χ2n) is 4.31. The van der Waals surface area contributed by atoms with Gasteiger partial charge in [-0.25, -0.2) is 4.39 Å². The van der Waals surface area contributed by atoms with Gasteiger partial charge in [-0.3, -0.25) is 9.48 Å². The Morgan fingerprint density at radius 1 is 1.37 bits per heavy atom. The van der Waals surface area contributed by atoms with Crippen LogP contribution in [0.1, 0.15) is 16.2 Å². The van der Waals surface area contributed by atoms with E-state index in [0.29, 0.717) is 22.8 Å². The van der Waals surface area contributed by atoms with E-state index in [4.69, 9.17) is 5.73 Å². The molecular weight excluding hydrogens is 247 g/mol. The fourth-order valence-corrected chi connectivity index (χ4v) is 1.87. The molecule has 0 bridgehead atoms. The molecule has 0 atom stereocenters. The van der Waals surface area contributed by atoms with Crippen LogP contribution in [0.25, 0.3) is 0 Å². The SMILES string of the molecule is Cc1nn(C)c(C(=O)N(C)c2ccc(F)cc2)c1N. The maximum absolute atomic E-state index is 12.9. The molecule has 0 spiro atoms. The molecule has 5 nitrogen and oxygen atoms in total. The number of rotatable bonds is 2. The molecule has 2 rings (SSSR count). The topological polar surface area (TPSA) is 64.2 Å². The molecule has 0 saturated carbocycles. The summed E-state index contributed by atoms with van der Waals surface area (Å²) in [5, 5.41) is 4.11. The molecule has 0 aliphatic rings. The van der Waals surface area contributed by atoms with Crippen LogP contribution in [0.4, 0.5) is 15.8 Å². The number of anilines is 2. The van der Waals surface area contributed by atoms with Crippen LogP contribution in [0, 0.1) is 12.7 Å². The van der Waals surface area contributed by atoms with Crippen LogP contribution in [-0.2, 0) is 7.05 Å². The highest BCUT2D eigenvalue weighted by Gasteiger charge is 2.22. The van der Waals surface area contributed by atoms with Crippen molar-refractivity contribution in [3.8, 4) is 0 Å². The number of nitrogens with zero attached hydrogens (tertiary/aromatic N) is 3. The number of carbonyl (C=O) groups excluding carboxylic acids is 1. The normalized spacial score (nSPS) is 10.5. The highest BCUT2D eigenvalue weighted by Crippen LogP contribution is 2.21. The molecular formula is C13H15FN4O. The Morgan fingerprint density at radius 2 is 1.95 bits per heavy atom. The summed E-state index contributed by atoms with van der Waals surface area (Å²) in [5.74, 6) is -0.632. The maximum Gasteiger partial charge on any atom is 0.278 e. The maximum atomic E-state index is 12.9.